The van der Waals surface area contributed by atoms with Crippen molar-refractivity contribution in [3.05, 3.63) is 119 Å². The monoisotopic (exact) mass is 618 g/mol. The van der Waals surface area contributed by atoms with Crippen molar-refractivity contribution in [3.63, 3.8) is 0 Å². The van der Waals surface area contributed by atoms with Crippen LogP contribution >= 0.6 is 0 Å². The SMILES string of the molecule is O=C(NC1CCCCC1)/C(=C\c1ccc(/C=C(/NC(=O)c2ccccc2)C(=O)NC2CCCCC2)cc1)NC(=O)c1ccccc1. The number of amides is 4. The first kappa shape index (κ1) is 32.4. The van der Waals surface area contributed by atoms with Crippen LogP contribution in [0.25, 0.3) is 12.2 Å². The van der Waals surface area contributed by atoms with Gasteiger partial charge < -0.3 is 21.3 Å². The van der Waals surface area contributed by atoms with E-state index in [0.29, 0.717) is 22.3 Å². The number of rotatable bonds is 10. The Morgan fingerprint density at radius 2 is 0.826 bits per heavy atom. The number of nitrogens with one attached hydrogen (secondary N) is 4. The molecule has 0 bridgehead atoms. The summed E-state index contributed by atoms with van der Waals surface area (Å²) in [5.41, 5.74) is 2.62. The van der Waals surface area contributed by atoms with Crippen LogP contribution in [0.2, 0.25) is 0 Å². The first-order valence-electron chi connectivity index (χ1n) is 16.3. The van der Waals surface area contributed by atoms with Crippen LogP contribution in [-0.4, -0.2) is 35.7 Å². The van der Waals surface area contributed by atoms with Gasteiger partial charge in [0.1, 0.15) is 11.4 Å². The average molecular weight is 619 g/mol. The predicted octanol–water partition coefficient (Wildman–Crippen LogP) is 6.13. The second-order valence-electron chi connectivity index (χ2n) is 12.0. The van der Waals surface area contributed by atoms with Gasteiger partial charge in [0.05, 0.1) is 0 Å². The van der Waals surface area contributed by atoms with E-state index in [4.69, 9.17) is 0 Å². The molecule has 5 rings (SSSR count). The Morgan fingerprint density at radius 1 is 0.478 bits per heavy atom. The highest BCUT2D eigenvalue weighted by molar-refractivity contribution is 6.06. The normalized spacial score (nSPS) is 16.3. The fourth-order valence-electron chi connectivity index (χ4n) is 5.93. The van der Waals surface area contributed by atoms with Gasteiger partial charge in [0.25, 0.3) is 23.6 Å². The van der Waals surface area contributed by atoms with Gasteiger partial charge >= 0.3 is 0 Å². The van der Waals surface area contributed by atoms with Crippen LogP contribution in [0, 0.1) is 0 Å². The summed E-state index contributed by atoms with van der Waals surface area (Å²) >= 11 is 0. The van der Waals surface area contributed by atoms with Crippen molar-refractivity contribution < 1.29 is 19.2 Å². The molecule has 0 saturated heterocycles. The quantitative estimate of drug-likeness (QED) is 0.205. The first-order chi connectivity index (χ1) is 22.4. The van der Waals surface area contributed by atoms with Crippen LogP contribution < -0.4 is 21.3 Å². The number of carbonyl (C=O) groups excluding carboxylic acids is 4. The summed E-state index contributed by atoms with van der Waals surface area (Å²) in [6.45, 7) is 0. The van der Waals surface area contributed by atoms with Gasteiger partial charge in [-0.15, -0.1) is 0 Å². The van der Waals surface area contributed by atoms with Crippen molar-refractivity contribution in [3.8, 4) is 0 Å². The number of hydrogen-bond donors (Lipinski definition) is 4. The summed E-state index contributed by atoms with van der Waals surface area (Å²) in [6, 6.07) is 25.0. The van der Waals surface area contributed by atoms with Gasteiger partial charge in [0.15, 0.2) is 0 Å². The zero-order valence-electron chi connectivity index (χ0n) is 26.1. The van der Waals surface area contributed by atoms with Gasteiger partial charge in [-0.05, 0) is 73.2 Å². The Labute approximate surface area is 270 Å². The van der Waals surface area contributed by atoms with Crippen molar-refractivity contribution >= 4 is 35.8 Å². The van der Waals surface area contributed by atoms with E-state index in [-0.39, 0.29) is 47.1 Å². The highest BCUT2D eigenvalue weighted by Gasteiger charge is 2.22. The largest absolute Gasteiger partial charge is 0.348 e. The molecule has 8 heteroatoms. The molecular weight excluding hydrogens is 576 g/mol. The van der Waals surface area contributed by atoms with E-state index in [1.807, 2.05) is 36.4 Å². The van der Waals surface area contributed by atoms with Gasteiger partial charge in [-0.25, -0.2) is 0 Å². The molecule has 238 valence electrons. The third-order valence-corrected chi connectivity index (χ3v) is 8.50. The molecule has 2 fully saturated rings. The first-order valence-corrected chi connectivity index (χ1v) is 16.3. The Morgan fingerprint density at radius 3 is 1.17 bits per heavy atom. The molecule has 4 amide bonds. The van der Waals surface area contributed by atoms with E-state index in [9.17, 15) is 19.2 Å². The molecular formula is C38H42N4O4. The number of carbonyl (C=O) groups is 4. The molecule has 2 aliphatic rings. The molecule has 0 radical (unpaired) electrons. The maximum Gasteiger partial charge on any atom is 0.268 e. The van der Waals surface area contributed by atoms with Crippen LogP contribution in [0.5, 0.6) is 0 Å². The Hall–Kier alpha value is -4.98. The van der Waals surface area contributed by atoms with E-state index in [1.54, 1.807) is 60.7 Å². The standard InChI is InChI=1S/C38H42N4O4/c43-35(29-13-5-1-6-14-29)41-33(37(45)39-31-17-9-3-10-18-31)25-27-21-23-28(24-22-27)26-34(38(46)40-32-19-11-4-12-20-32)42-36(44)30-15-7-2-8-16-30/h1-2,5-8,13-16,21-26,31-32H,3-4,9-12,17-20H2,(H,39,45)(H,40,46)(H,41,43)(H,42,44)/b33-25+,34-26+. The fraction of sp³-hybridized carbons (Fsp3) is 0.316. The van der Waals surface area contributed by atoms with Crippen molar-refractivity contribution in [1.29, 1.82) is 0 Å². The summed E-state index contributed by atoms with van der Waals surface area (Å²) in [4.78, 5) is 52.7. The maximum absolute atomic E-state index is 13.4. The van der Waals surface area contributed by atoms with Crippen LogP contribution in [0.1, 0.15) is 96.1 Å². The third-order valence-electron chi connectivity index (χ3n) is 8.50. The smallest absolute Gasteiger partial charge is 0.268 e. The van der Waals surface area contributed by atoms with Crippen LogP contribution in [0.15, 0.2) is 96.3 Å². The summed E-state index contributed by atoms with van der Waals surface area (Å²) in [7, 11) is 0. The van der Waals surface area contributed by atoms with E-state index in [1.165, 1.54) is 12.8 Å². The highest BCUT2D eigenvalue weighted by atomic mass is 16.2. The van der Waals surface area contributed by atoms with Gasteiger partial charge in [0.2, 0.25) is 0 Å². The van der Waals surface area contributed by atoms with Gasteiger partial charge in [-0.1, -0.05) is 99.2 Å². The van der Waals surface area contributed by atoms with Crippen LogP contribution in [0.4, 0.5) is 0 Å². The van der Waals surface area contributed by atoms with Crippen molar-refractivity contribution in [2.75, 3.05) is 0 Å². The minimum atomic E-state index is -0.368. The molecule has 0 unspecified atom stereocenters. The molecule has 3 aromatic rings. The molecule has 4 N–H and O–H groups in total. The third kappa shape index (κ3) is 9.51. The van der Waals surface area contributed by atoms with Crippen molar-refractivity contribution in [1.82, 2.24) is 21.3 Å². The summed E-state index contributed by atoms with van der Waals surface area (Å²) < 4.78 is 0. The van der Waals surface area contributed by atoms with Crippen LogP contribution in [0.3, 0.4) is 0 Å². The lowest BCUT2D eigenvalue weighted by molar-refractivity contribution is -0.119. The summed E-state index contributed by atoms with van der Waals surface area (Å²) in [5.74, 6) is -1.39. The van der Waals surface area contributed by atoms with E-state index < -0.39 is 0 Å². The Balaban J connectivity index is 1.37. The second-order valence-corrected chi connectivity index (χ2v) is 12.0. The predicted molar refractivity (Wildman–Crippen MR) is 180 cm³/mol. The average Bonchev–Trinajstić information content (AvgIpc) is 3.10. The number of hydrogen-bond acceptors (Lipinski definition) is 4. The molecule has 0 heterocycles. The van der Waals surface area contributed by atoms with Crippen molar-refractivity contribution in [2.24, 2.45) is 0 Å². The molecule has 8 nitrogen and oxygen atoms in total. The van der Waals surface area contributed by atoms with Gasteiger partial charge in [-0.2, -0.15) is 0 Å². The minimum absolute atomic E-state index is 0.0788. The molecule has 46 heavy (non-hydrogen) atoms. The summed E-state index contributed by atoms with van der Waals surface area (Å²) in [5, 5.41) is 11.8. The Kier molecular flexibility index (Phi) is 11.5. The number of benzene rings is 3. The molecule has 0 spiro atoms. The molecule has 2 aliphatic carbocycles. The topological polar surface area (TPSA) is 116 Å². The lowest BCUT2D eigenvalue weighted by atomic mass is 9.95. The Bertz CT molecular complexity index is 1430. The van der Waals surface area contributed by atoms with Gasteiger partial charge in [0, 0.05) is 23.2 Å². The lowest BCUT2D eigenvalue weighted by Crippen LogP contribution is -2.41. The summed E-state index contributed by atoms with van der Waals surface area (Å²) in [6.07, 6.45) is 13.6. The second kappa shape index (κ2) is 16.4. The van der Waals surface area contributed by atoms with E-state index in [0.717, 1.165) is 51.4 Å². The lowest BCUT2D eigenvalue weighted by Gasteiger charge is -2.23. The zero-order valence-corrected chi connectivity index (χ0v) is 26.1. The molecule has 3 aromatic carbocycles. The van der Waals surface area contributed by atoms with Crippen molar-refractivity contribution in [2.45, 2.75) is 76.3 Å². The molecule has 0 atom stereocenters. The maximum atomic E-state index is 13.4. The van der Waals surface area contributed by atoms with Crippen LogP contribution in [-0.2, 0) is 9.59 Å². The van der Waals surface area contributed by atoms with Gasteiger partial charge in [-0.3, -0.25) is 19.2 Å². The zero-order chi connectivity index (χ0) is 32.1. The minimum Gasteiger partial charge on any atom is -0.348 e. The van der Waals surface area contributed by atoms with E-state index in [2.05, 4.69) is 21.3 Å². The molecule has 2 saturated carbocycles. The highest BCUT2D eigenvalue weighted by Crippen LogP contribution is 2.20. The molecule has 0 aliphatic heterocycles. The molecule has 0 aromatic heterocycles. The van der Waals surface area contributed by atoms with E-state index >= 15 is 0 Å². The fourth-order valence-corrected chi connectivity index (χ4v) is 5.93.